The molecule has 1 aromatic heterocycles. The Labute approximate surface area is 244 Å². The topological polar surface area (TPSA) is 87.7 Å². The SMILES string of the molecule is CN1CCCC1CCNC(=O)C1=CN2C3CC(Cl)CCC3OC3C(SCCc4cnccn4)C(F)CC(C1=O)C32. The monoisotopic (exact) mass is 591 g/mol. The number of carbonyl (C=O) groups is 2. The van der Waals surface area contributed by atoms with Crippen molar-refractivity contribution in [2.45, 2.75) is 98.5 Å². The maximum absolute atomic E-state index is 15.9. The number of halogens is 2. The summed E-state index contributed by atoms with van der Waals surface area (Å²) in [5, 5.41) is 2.62. The minimum atomic E-state index is -1.20. The maximum atomic E-state index is 15.9. The number of morpholine rings is 1. The van der Waals surface area contributed by atoms with E-state index in [0.717, 1.165) is 44.3 Å². The summed E-state index contributed by atoms with van der Waals surface area (Å²) in [6.45, 7) is 1.60. The summed E-state index contributed by atoms with van der Waals surface area (Å²) in [7, 11) is 2.12. The number of nitrogens with one attached hydrogen (secondary N) is 1. The zero-order valence-corrected chi connectivity index (χ0v) is 24.5. The number of hydrogen-bond donors (Lipinski definition) is 1. The van der Waals surface area contributed by atoms with Gasteiger partial charge in [-0.25, -0.2) is 4.39 Å². The Balaban J connectivity index is 1.20. The molecule has 6 rings (SSSR count). The van der Waals surface area contributed by atoms with Gasteiger partial charge in [-0.15, -0.1) is 11.6 Å². The van der Waals surface area contributed by atoms with Gasteiger partial charge in [-0.2, -0.15) is 11.8 Å². The molecule has 4 fully saturated rings. The van der Waals surface area contributed by atoms with Crippen LogP contribution in [-0.4, -0.2) is 104 Å². The van der Waals surface area contributed by atoms with Crippen LogP contribution in [0.25, 0.3) is 0 Å². The fourth-order valence-corrected chi connectivity index (χ4v) is 9.06. The van der Waals surface area contributed by atoms with Crippen LogP contribution in [0.15, 0.2) is 30.4 Å². The quantitative estimate of drug-likeness (QED) is 0.364. The van der Waals surface area contributed by atoms with E-state index in [1.54, 1.807) is 36.6 Å². The molecule has 5 aliphatic rings. The summed E-state index contributed by atoms with van der Waals surface area (Å²) < 4.78 is 22.6. The first-order chi connectivity index (χ1) is 19.4. The first-order valence-electron chi connectivity index (χ1n) is 14.7. The lowest BCUT2D eigenvalue weighted by atomic mass is 9.71. The Hall–Kier alpha value is -1.75. The van der Waals surface area contributed by atoms with Crippen LogP contribution in [0.2, 0.25) is 0 Å². The van der Waals surface area contributed by atoms with Gasteiger partial charge in [-0.05, 0) is 64.3 Å². The van der Waals surface area contributed by atoms with Gasteiger partial charge in [0.25, 0.3) is 5.91 Å². The predicted octanol–water partition coefficient (Wildman–Crippen LogP) is 3.14. The molecule has 1 aromatic rings. The van der Waals surface area contributed by atoms with Crippen molar-refractivity contribution < 1.29 is 18.7 Å². The number of ketones is 1. The highest BCUT2D eigenvalue weighted by molar-refractivity contribution is 8.00. The van der Waals surface area contributed by atoms with Gasteiger partial charge in [0.05, 0.1) is 40.8 Å². The van der Waals surface area contributed by atoms with E-state index in [0.29, 0.717) is 24.8 Å². The normalized spacial score (nSPS) is 37.5. The third-order valence-corrected chi connectivity index (χ3v) is 11.3. The molecule has 1 amide bonds. The van der Waals surface area contributed by atoms with Gasteiger partial charge < -0.3 is 19.9 Å². The van der Waals surface area contributed by atoms with Gasteiger partial charge in [0.1, 0.15) is 6.17 Å². The molecule has 0 bridgehead atoms. The number of fused-ring (bicyclic) bond motifs is 2. The number of hydrogen-bond acceptors (Lipinski definition) is 8. The molecule has 4 heterocycles. The van der Waals surface area contributed by atoms with E-state index in [1.807, 2.05) is 0 Å². The van der Waals surface area contributed by atoms with Crippen molar-refractivity contribution in [3.63, 3.8) is 0 Å². The van der Waals surface area contributed by atoms with Gasteiger partial charge >= 0.3 is 0 Å². The zero-order chi connectivity index (χ0) is 27.8. The molecular formula is C29H39ClFN5O3S. The fourth-order valence-electron chi connectivity index (χ4n) is 7.42. The van der Waals surface area contributed by atoms with Crippen LogP contribution in [0.1, 0.15) is 50.6 Å². The molecule has 2 aliphatic carbocycles. The average molecular weight is 592 g/mol. The lowest BCUT2D eigenvalue weighted by Crippen LogP contribution is -2.70. The van der Waals surface area contributed by atoms with Crippen LogP contribution in [0.3, 0.4) is 0 Å². The van der Waals surface area contributed by atoms with Crippen molar-refractivity contribution in [3.05, 3.63) is 36.1 Å². The highest BCUT2D eigenvalue weighted by atomic mass is 35.5. The Morgan fingerprint density at radius 3 is 2.92 bits per heavy atom. The Bertz CT molecular complexity index is 1110. The molecule has 9 unspecified atom stereocenters. The summed E-state index contributed by atoms with van der Waals surface area (Å²) >= 11 is 8.17. The smallest absolute Gasteiger partial charge is 0.256 e. The minimum absolute atomic E-state index is 0.0150. The number of Topliss-reactive ketones (excluding diaryl/α,β-unsaturated/α-hetero) is 1. The number of likely N-dealkylation sites (tertiary alicyclic amines) is 1. The van der Waals surface area contributed by atoms with E-state index >= 15 is 4.39 Å². The third-order valence-electron chi connectivity index (χ3n) is 9.50. The van der Waals surface area contributed by atoms with E-state index in [1.165, 1.54) is 6.42 Å². The third kappa shape index (κ3) is 5.65. The van der Waals surface area contributed by atoms with Crippen LogP contribution in [0.4, 0.5) is 4.39 Å². The molecule has 0 spiro atoms. The van der Waals surface area contributed by atoms with Gasteiger partial charge in [0.15, 0.2) is 5.78 Å². The van der Waals surface area contributed by atoms with Crippen molar-refractivity contribution in [1.82, 2.24) is 25.1 Å². The molecule has 0 radical (unpaired) electrons. The largest absolute Gasteiger partial charge is 0.369 e. The molecule has 2 saturated carbocycles. The molecule has 11 heteroatoms. The van der Waals surface area contributed by atoms with Crippen molar-refractivity contribution in [2.24, 2.45) is 5.92 Å². The fraction of sp³-hybridized carbons (Fsp3) is 0.724. The van der Waals surface area contributed by atoms with E-state index in [9.17, 15) is 9.59 Å². The minimum Gasteiger partial charge on any atom is -0.369 e. The summed E-state index contributed by atoms with van der Waals surface area (Å²) in [6.07, 6.45) is 11.4. The molecular weight excluding hydrogens is 553 g/mol. The standard InChI is InChI=1S/C29H39ClFN5O3S/c1-35-11-2-3-19(35)6-8-34-29(38)21-16-36-23-13-17(30)4-5-24(23)39-27-25(36)20(26(21)37)14-22(31)28(27)40-12-7-18-15-32-9-10-33-18/h9-10,15-17,19-20,22-25,27-28H,2-8,11-14H2,1H3,(H,34,38). The van der Waals surface area contributed by atoms with E-state index < -0.39 is 23.4 Å². The molecule has 2 saturated heterocycles. The van der Waals surface area contributed by atoms with Crippen LogP contribution in [0.5, 0.6) is 0 Å². The second kappa shape index (κ2) is 12.2. The number of nitrogens with zero attached hydrogens (tertiary/aromatic N) is 4. The number of rotatable bonds is 8. The number of carbonyl (C=O) groups excluding carboxylic acids is 2. The highest BCUT2D eigenvalue weighted by Crippen LogP contribution is 2.48. The molecule has 1 N–H and O–H groups in total. The number of alkyl halides is 2. The second-order valence-corrected chi connectivity index (χ2v) is 13.8. The van der Waals surface area contributed by atoms with Gasteiger partial charge in [-0.1, -0.05) is 0 Å². The first-order valence-corrected chi connectivity index (χ1v) is 16.2. The van der Waals surface area contributed by atoms with Crippen molar-refractivity contribution in [1.29, 1.82) is 0 Å². The van der Waals surface area contributed by atoms with Gasteiger partial charge in [-0.3, -0.25) is 19.6 Å². The number of thioether (sulfide) groups is 1. The van der Waals surface area contributed by atoms with Crippen LogP contribution in [-0.2, 0) is 20.7 Å². The van der Waals surface area contributed by atoms with Crippen molar-refractivity contribution >= 4 is 35.1 Å². The number of aromatic nitrogens is 2. The van der Waals surface area contributed by atoms with Gasteiger partial charge in [0.2, 0.25) is 0 Å². The maximum Gasteiger partial charge on any atom is 0.256 e. The summed E-state index contributed by atoms with van der Waals surface area (Å²) in [5.41, 5.74) is 1.02. The zero-order valence-electron chi connectivity index (χ0n) is 23.0. The summed E-state index contributed by atoms with van der Waals surface area (Å²) in [6, 6.07) is 0.142. The Kier molecular flexibility index (Phi) is 8.68. The average Bonchev–Trinajstić information content (AvgIpc) is 3.36. The molecule has 218 valence electrons. The highest BCUT2D eigenvalue weighted by Gasteiger charge is 2.58. The Morgan fingerprint density at radius 2 is 2.15 bits per heavy atom. The molecule has 8 nitrogen and oxygen atoms in total. The van der Waals surface area contributed by atoms with E-state index in [2.05, 4.69) is 32.1 Å². The number of amides is 1. The van der Waals surface area contributed by atoms with Crippen LogP contribution >= 0.6 is 23.4 Å². The van der Waals surface area contributed by atoms with Crippen molar-refractivity contribution in [3.8, 4) is 0 Å². The van der Waals surface area contributed by atoms with E-state index in [4.69, 9.17) is 16.3 Å². The number of ether oxygens (including phenoxy) is 1. The van der Waals surface area contributed by atoms with Crippen LogP contribution < -0.4 is 5.32 Å². The molecule has 3 aliphatic heterocycles. The van der Waals surface area contributed by atoms with E-state index in [-0.39, 0.29) is 47.2 Å². The molecule has 0 aromatic carbocycles. The summed E-state index contributed by atoms with van der Waals surface area (Å²) in [4.78, 5) is 40.1. The predicted molar refractivity (Wildman–Crippen MR) is 153 cm³/mol. The Morgan fingerprint density at radius 1 is 1.27 bits per heavy atom. The molecule has 9 atom stereocenters. The first kappa shape index (κ1) is 28.4. The van der Waals surface area contributed by atoms with Crippen molar-refractivity contribution in [2.75, 3.05) is 25.9 Å². The second-order valence-electron chi connectivity index (χ2n) is 11.9. The number of aryl methyl sites for hydroxylation is 1. The van der Waals surface area contributed by atoms with Crippen LogP contribution in [0, 0.1) is 5.92 Å². The lowest BCUT2D eigenvalue weighted by molar-refractivity contribution is -0.184. The molecule has 40 heavy (non-hydrogen) atoms. The lowest BCUT2D eigenvalue weighted by Gasteiger charge is -2.59. The van der Waals surface area contributed by atoms with Gasteiger partial charge in [0, 0.05) is 55.1 Å². The summed E-state index contributed by atoms with van der Waals surface area (Å²) in [5.74, 6) is -0.530.